The second-order valence-corrected chi connectivity index (χ2v) is 9.53. The van der Waals surface area contributed by atoms with E-state index in [2.05, 4.69) is 20.7 Å². The fraction of sp³-hybridized carbons (Fsp3) is 0.615. The Labute approximate surface area is 137 Å². The number of halogens is 1. The van der Waals surface area contributed by atoms with Gasteiger partial charge in [0.2, 0.25) is 10.0 Å². The summed E-state index contributed by atoms with van der Waals surface area (Å²) >= 11 is 4.50. The third kappa shape index (κ3) is 5.69. The number of sulfonamides is 1. The molecule has 2 N–H and O–H groups in total. The number of aryl methyl sites for hydroxylation is 1. The molecule has 0 spiro atoms. The van der Waals surface area contributed by atoms with Crippen LogP contribution in [0.5, 0.6) is 0 Å². The molecule has 0 aliphatic carbocycles. The lowest BCUT2D eigenvalue weighted by atomic mass is 10.0. The van der Waals surface area contributed by atoms with E-state index in [9.17, 15) is 13.2 Å². The second-order valence-electron chi connectivity index (χ2n) is 5.21. The minimum atomic E-state index is -3.51. The summed E-state index contributed by atoms with van der Waals surface area (Å²) in [6.07, 6.45) is 1.83. The maximum absolute atomic E-state index is 12.2. The highest BCUT2D eigenvalue weighted by molar-refractivity contribution is 9.11. The molecule has 1 aromatic rings. The molecule has 0 aliphatic rings. The average molecular weight is 398 g/mol. The van der Waals surface area contributed by atoms with E-state index in [1.165, 1.54) is 11.3 Å². The first-order chi connectivity index (χ1) is 9.63. The summed E-state index contributed by atoms with van der Waals surface area (Å²) in [5, 5.41) is 8.80. The molecule has 0 saturated heterocycles. The first-order valence-electron chi connectivity index (χ1n) is 6.64. The van der Waals surface area contributed by atoms with Crippen molar-refractivity contribution in [2.45, 2.75) is 50.3 Å². The van der Waals surface area contributed by atoms with E-state index in [1.807, 2.05) is 6.92 Å². The van der Waals surface area contributed by atoms with Crippen LogP contribution in [0.25, 0.3) is 0 Å². The first-order valence-corrected chi connectivity index (χ1v) is 9.74. The van der Waals surface area contributed by atoms with Gasteiger partial charge in [0.25, 0.3) is 0 Å². The SMILES string of the molecule is Cc1cc(S(=O)(=O)NC(C)CCCC(C)C(=O)O)sc1Br. The normalized spacial score (nSPS) is 14.9. The van der Waals surface area contributed by atoms with Gasteiger partial charge in [-0.25, -0.2) is 13.1 Å². The zero-order valence-electron chi connectivity index (χ0n) is 12.2. The van der Waals surface area contributed by atoms with Gasteiger partial charge in [-0.05, 0) is 54.2 Å². The molecular weight excluding hydrogens is 378 g/mol. The predicted molar refractivity (Wildman–Crippen MR) is 87.2 cm³/mol. The Hall–Kier alpha value is -0.440. The van der Waals surface area contributed by atoms with Gasteiger partial charge in [-0.15, -0.1) is 11.3 Å². The van der Waals surface area contributed by atoms with Crippen molar-refractivity contribution in [3.63, 3.8) is 0 Å². The van der Waals surface area contributed by atoms with E-state index in [0.717, 1.165) is 9.35 Å². The molecule has 5 nitrogen and oxygen atoms in total. The standard InChI is InChI=1S/C13H20BrNO4S2/c1-8(13(16)17)5-4-6-10(3)15-21(18,19)11-7-9(2)12(14)20-11/h7-8,10,15H,4-6H2,1-3H3,(H,16,17). The smallest absolute Gasteiger partial charge is 0.306 e. The van der Waals surface area contributed by atoms with E-state index < -0.39 is 21.9 Å². The highest BCUT2D eigenvalue weighted by Gasteiger charge is 2.21. The molecule has 120 valence electrons. The van der Waals surface area contributed by atoms with E-state index in [-0.39, 0.29) is 10.3 Å². The Bertz CT molecular complexity index is 578. The summed E-state index contributed by atoms with van der Waals surface area (Å²) in [4.78, 5) is 10.7. The van der Waals surface area contributed by atoms with Crippen LogP contribution in [-0.4, -0.2) is 25.5 Å². The Morgan fingerprint density at radius 1 is 1.43 bits per heavy atom. The molecule has 21 heavy (non-hydrogen) atoms. The van der Waals surface area contributed by atoms with Crippen LogP contribution in [0.1, 0.15) is 38.7 Å². The molecular formula is C13H20BrNO4S2. The van der Waals surface area contributed by atoms with Crippen molar-refractivity contribution in [1.82, 2.24) is 4.72 Å². The van der Waals surface area contributed by atoms with Crippen molar-refractivity contribution in [2.75, 3.05) is 0 Å². The summed E-state index contributed by atoms with van der Waals surface area (Å²) in [5.41, 5.74) is 0.892. The molecule has 0 amide bonds. The number of carbonyl (C=O) groups is 1. The van der Waals surface area contributed by atoms with E-state index >= 15 is 0 Å². The van der Waals surface area contributed by atoms with Gasteiger partial charge in [0, 0.05) is 6.04 Å². The third-order valence-corrected chi connectivity index (χ3v) is 7.35. The molecule has 0 fully saturated rings. The molecule has 0 bridgehead atoms. The molecule has 0 aromatic carbocycles. The first kappa shape index (κ1) is 18.6. The fourth-order valence-electron chi connectivity index (χ4n) is 1.80. The average Bonchev–Trinajstić information content (AvgIpc) is 2.69. The maximum Gasteiger partial charge on any atom is 0.306 e. The lowest BCUT2D eigenvalue weighted by molar-refractivity contribution is -0.141. The predicted octanol–water partition coefficient (Wildman–Crippen LogP) is 3.38. The quantitative estimate of drug-likeness (QED) is 0.703. The van der Waals surface area contributed by atoms with Crippen LogP contribution in [0.15, 0.2) is 14.1 Å². The number of aliphatic carboxylic acids is 1. The van der Waals surface area contributed by atoms with E-state index in [0.29, 0.717) is 19.3 Å². The van der Waals surface area contributed by atoms with Gasteiger partial charge >= 0.3 is 5.97 Å². The van der Waals surface area contributed by atoms with E-state index in [4.69, 9.17) is 5.11 Å². The van der Waals surface area contributed by atoms with Gasteiger partial charge < -0.3 is 5.11 Å². The van der Waals surface area contributed by atoms with Gasteiger partial charge in [-0.2, -0.15) is 0 Å². The molecule has 0 aliphatic heterocycles. The van der Waals surface area contributed by atoms with Crippen molar-refractivity contribution >= 4 is 43.3 Å². The zero-order valence-corrected chi connectivity index (χ0v) is 15.4. The molecule has 1 heterocycles. The number of rotatable bonds is 8. The van der Waals surface area contributed by atoms with Gasteiger partial charge in [0.15, 0.2) is 0 Å². The number of hydrogen-bond acceptors (Lipinski definition) is 4. The number of carboxylic acids is 1. The Morgan fingerprint density at radius 3 is 2.52 bits per heavy atom. The van der Waals surface area contributed by atoms with Crippen LogP contribution < -0.4 is 4.72 Å². The number of carboxylic acid groups (broad SMARTS) is 1. The lowest BCUT2D eigenvalue weighted by Crippen LogP contribution is -2.32. The molecule has 0 radical (unpaired) electrons. The zero-order chi connectivity index (χ0) is 16.2. The summed E-state index contributed by atoms with van der Waals surface area (Å²) in [6.45, 7) is 5.29. The summed E-state index contributed by atoms with van der Waals surface area (Å²) in [7, 11) is -3.51. The highest BCUT2D eigenvalue weighted by atomic mass is 79.9. The van der Waals surface area contributed by atoms with Crippen LogP contribution in [0.3, 0.4) is 0 Å². The molecule has 1 aromatic heterocycles. The minimum absolute atomic E-state index is 0.225. The maximum atomic E-state index is 12.2. The second kappa shape index (κ2) is 7.71. The molecule has 0 saturated carbocycles. The van der Waals surface area contributed by atoms with E-state index in [1.54, 1.807) is 19.9 Å². The third-order valence-electron chi connectivity index (χ3n) is 3.15. The number of thiophene rings is 1. The summed E-state index contributed by atoms with van der Waals surface area (Å²) < 4.78 is 28.1. The van der Waals surface area contributed by atoms with Crippen LogP contribution in [-0.2, 0) is 14.8 Å². The van der Waals surface area contributed by atoms with Crippen molar-refractivity contribution in [3.05, 3.63) is 15.4 Å². The summed E-state index contributed by atoms with van der Waals surface area (Å²) in [5.74, 6) is -1.22. The van der Waals surface area contributed by atoms with Crippen LogP contribution in [0.4, 0.5) is 0 Å². The van der Waals surface area contributed by atoms with Crippen LogP contribution >= 0.6 is 27.3 Å². The fourth-order valence-corrected chi connectivity index (χ4v) is 5.32. The highest BCUT2D eigenvalue weighted by Crippen LogP contribution is 2.30. The lowest BCUT2D eigenvalue weighted by Gasteiger charge is -2.14. The van der Waals surface area contributed by atoms with Gasteiger partial charge in [0.05, 0.1) is 9.70 Å². The summed E-state index contributed by atoms with van der Waals surface area (Å²) in [6, 6.07) is 1.41. The Morgan fingerprint density at radius 2 is 2.05 bits per heavy atom. The number of hydrogen-bond donors (Lipinski definition) is 2. The van der Waals surface area contributed by atoms with Gasteiger partial charge in [-0.3, -0.25) is 4.79 Å². The van der Waals surface area contributed by atoms with Crippen molar-refractivity contribution in [1.29, 1.82) is 0 Å². The molecule has 2 unspecified atom stereocenters. The molecule has 1 rings (SSSR count). The Balaban J connectivity index is 2.53. The molecule has 8 heteroatoms. The Kier molecular flexibility index (Phi) is 6.83. The number of nitrogens with one attached hydrogen (secondary N) is 1. The molecule has 2 atom stereocenters. The van der Waals surface area contributed by atoms with Crippen molar-refractivity contribution in [2.24, 2.45) is 5.92 Å². The van der Waals surface area contributed by atoms with Crippen molar-refractivity contribution < 1.29 is 18.3 Å². The minimum Gasteiger partial charge on any atom is -0.481 e. The largest absolute Gasteiger partial charge is 0.481 e. The topological polar surface area (TPSA) is 83.5 Å². The van der Waals surface area contributed by atoms with Gasteiger partial charge in [0.1, 0.15) is 4.21 Å². The van der Waals surface area contributed by atoms with Crippen LogP contribution in [0, 0.1) is 12.8 Å². The monoisotopic (exact) mass is 397 g/mol. The van der Waals surface area contributed by atoms with Crippen molar-refractivity contribution in [3.8, 4) is 0 Å². The van der Waals surface area contributed by atoms with Crippen LogP contribution in [0.2, 0.25) is 0 Å². The van der Waals surface area contributed by atoms with Gasteiger partial charge in [-0.1, -0.05) is 13.3 Å².